The molecule has 0 aliphatic rings. The van der Waals surface area contributed by atoms with Crippen LogP contribution in [0, 0.1) is 0 Å². The lowest BCUT2D eigenvalue weighted by Crippen LogP contribution is -1.98. The molecule has 0 atom stereocenters. The van der Waals surface area contributed by atoms with Crippen LogP contribution in [-0.2, 0) is 0 Å². The Hall–Kier alpha value is -1.84. The van der Waals surface area contributed by atoms with Gasteiger partial charge in [-0.25, -0.2) is 9.78 Å². The molecule has 2 aromatic heterocycles. The summed E-state index contributed by atoms with van der Waals surface area (Å²) in [4.78, 5) is 18.0. The normalized spacial score (nSPS) is 11.7. The fraction of sp³-hybridized carbons (Fsp3) is 0. The van der Waals surface area contributed by atoms with Gasteiger partial charge in [-0.2, -0.15) is 0 Å². The van der Waals surface area contributed by atoms with Crippen LogP contribution in [0.3, 0.4) is 0 Å². The minimum absolute atomic E-state index is 0.281. The van der Waals surface area contributed by atoms with E-state index in [1.807, 2.05) is 12.1 Å². The average molecular weight is 160 g/mol. The molecule has 1 N–H and O–H groups in total. The van der Waals surface area contributed by atoms with Crippen molar-refractivity contribution in [3.63, 3.8) is 0 Å². The maximum atomic E-state index is 11.1. The summed E-state index contributed by atoms with van der Waals surface area (Å²) in [5.41, 5.74) is 1.97. The van der Waals surface area contributed by atoms with Crippen LogP contribution in [0.25, 0.3) is 22.3 Å². The molecule has 0 aliphatic heterocycles. The van der Waals surface area contributed by atoms with Gasteiger partial charge in [0.1, 0.15) is 5.52 Å². The fourth-order valence-corrected chi connectivity index (χ4v) is 1.33. The number of aromatic amines is 1. The number of para-hydroxylation sites is 1. The summed E-state index contributed by atoms with van der Waals surface area (Å²) in [6.45, 7) is 0. The van der Waals surface area contributed by atoms with Crippen molar-refractivity contribution in [1.82, 2.24) is 9.97 Å². The fourth-order valence-electron chi connectivity index (χ4n) is 1.33. The highest BCUT2D eigenvalue weighted by Gasteiger charge is 2.08. The lowest BCUT2D eigenvalue weighted by Gasteiger charge is -1.88. The third-order valence-electron chi connectivity index (χ3n) is 1.87. The molecule has 3 aromatic rings. The van der Waals surface area contributed by atoms with Crippen LogP contribution in [0.15, 0.2) is 27.4 Å². The third kappa shape index (κ3) is 0.528. The Morgan fingerprint density at radius 2 is 2.33 bits per heavy atom. The molecule has 0 aliphatic carbocycles. The van der Waals surface area contributed by atoms with E-state index in [9.17, 15) is 4.79 Å². The average Bonchev–Trinajstić information content (AvgIpc) is 2.46. The Bertz CT molecular complexity index is 588. The highest BCUT2D eigenvalue weighted by Crippen LogP contribution is 2.17. The summed E-state index contributed by atoms with van der Waals surface area (Å²) in [5, 5.41) is 0. The largest absolute Gasteiger partial charge is 0.418 e. The number of imidazole rings is 1. The second-order valence-corrected chi connectivity index (χ2v) is 2.63. The SMILES string of the molecule is O=c1oc2cccc3[nH]c1nc32. The van der Waals surface area contributed by atoms with E-state index < -0.39 is 5.63 Å². The van der Waals surface area contributed by atoms with Gasteiger partial charge in [0.05, 0.1) is 5.52 Å². The molecule has 3 rings (SSSR count). The molecule has 4 nitrogen and oxygen atoms in total. The van der Waals surface area contributed by atoms with Crippen LogP contribution in [0.1, 0.15) is 0 Å². The molecule has 0 unspecified atom stereocenters. The second kappa shape index (κ2) is 1.66. The number of nitrogens with one attached hydrogen (secondary N) is 1. The molecule has 58 valence electrons. The highest BCUT2D eigenvalue weighted by atomic mass is 16.4. The molecule has 0 spiro atoms. The van der Waals surface area contributed by atoms with E-state index >= 15 is 0 Å². The van der Waals surface area contributed by atoms with Crippen molar-refractivity contribution in [3.05, 3.63) is 28.6 Å². The predicted octanol–water partition coefficient (Wildman–Crippen LogP) is 1.11. The van der Waals surface area contributed by atoms with E-state index in [0.717, 1.165) is 11.0 Å². The molecule has 0 radical (unpaired) electrons. The Labute approximate surface area is 66.2 Å². The van der Waals surface area contributed by atoms with E-state index in [1.165, 1.54) is 0 Å². The van der Waals surface area contributed by atoms with Gasteiger partial charge in [-0.15, -0.1) is 0 Å². The minimum Gasteiger partial charge on any atom is -0.418 e. The Balaban J connectivity index is 2.86. The van der Waals surface area contributed by atoms with E-state index in [-0.39, 0.29) is 5.65 Å². The van der Waals surface area contributed by atoms with Crippen molar-refractivity contribution in [2.45, 2.75) is 0 Å². The first-order chi connectivity index (χ1) is 5.84. The van der Waals surface area contributed by atoms with Gasteiger partial charge in [-0.05, 0) is 12.1 Å². The lowest BCUT2D eigenvalue weighted by molar-refractivity contribution is 0.564. The molecule has 2 heterocycles. The van der Waals surface area contributed by atoms with E-state index in [4.69, 9.17) is 4.42 Å². The van der Waals surface area contributed by atoms with Gasteiger partial charge in [0, 0.05) is 0 Å². The van der Waals surface area contributed by atoms with Crippen molar-refractivity contribution in [1.29, 1.82) is 0 Å². The first kappa shape index (κ1) is 5.77. The molecule has 4 heteroatoms. The van der Waals surface area contributed by atoms with Crippen molar-refractivity contribution in [3.8, 4) is 0 Å². The van der Waals surface area contributed by atoms with Crippen molar-refractivity contribution < 1.29 is 4.42 Å². The highest BCUT2D eigenvalue weighted by molar-refractivity contribution is 5.91. The summed E-state index contributed by atoms with van der Waals surface area (Å²) in [6.07, 6.45) is 0. The van der Waals surface area contributed by atoms with Crippen LogP contribution in [0.5, 0.6) is 0 Å². The lowest BCUT2D eigenvalue weighted by atomic mass is 10.3. The van der Waals surface area contributed by atoms with Gasteiger partial charge >= 0.3 is 5.63 Å². The van der Waals surface area contributed by atoms with Crippen LogP contribution in [0.4, 0.5) is 0 Å². The predicted molar refractivity (Wildman–Crippen MR) is 43.3 cm³/mol. The molecule has 0 saturated carbocycles. The number of hydrogen-bond acceptors (Lipinski definition) is 3. The first-order valence-corrected chi connectivity index (χ1v) is 3.55. The van der Waals surface area contributed by atoms with Crippen molar-refractivity contribution in [2.75, 3.05) is 0 Å². The third-order valence-corrected chi connectivity index (χ3v) is 1.87. The molecule has 0 fully saturated rings. The number of rotatable bonds is 0. The summed E-state index contributed by atoms with van der Waals surface area (Å²) < 4.78 is 4.96. The monoisotopic (exact) mass is 160 g/mol. The number of H-pyrrole nitrogens is 1. The standard InChI is InChI=1S/C8H4N2O2/c11-8-7-9-4-2-1-3-5(12-8)6(4)10-7/h1-3H,(H,9,10). The minimum atomic E-state index is -0.413. The van der Waals surface area contributed by atoms with E-state index in [2.05, 4.69) is 9.97 Å². The van der Waals surface area contributed by atoms with Gasteiger partial charge < -0.3 is 9.40 Å². The zero-order valence-corrected chi connectivity index (χ0v) is 6.00. The molecule has 12 heavy (non-hydrogen) atoms. The number of benzene rings is 1. The van der Waals surface area contributed by atoms with Gasteiger partial charge in [-0.1, -0.05) is 6.07 Å². The maximum absolute atomic E-state index is 11.1. The molecule has 0 saturated heterocycles. The zero-order chi connectivity index (χ0) is 8.13. The van der Waals surface area contributed by atoms with Crippen LogP contribution in [0.2, 0.25) is 0 Å². The summed E-state index contributed by atoms with van der Waals surface area (Å²) >= 11 is 0. The summed E-state index contributed by atoms with van der Waals surface area (Å²) in [5.74, 6) is 0. The Kier molecular flexibility index (Phi) is 0.798. The summed E-state index contributed by atoms with van der Waals surface area (Å²) in [6, 6.07) is 5.40. The van der Waals surface area contributed by atoms with Gasteiger partial charge in [0.2, 0.25) is 5.65 Å². The zero-order valence-electron chi connectivity index (χ0n) is 6.00. The Morgan fingerprint density at radius 3 is 3.25 bits per heavy atom. The molecule has 2 bridgehead atoms. The summed E-state index contributed by atoms with van der Waals surface area (Å²) in [7, 11) is 0. The molecular weight excluding hydrogens is 156 g/mol. The van der Waals surface area contributed by atoms with Crippen LogP contribution >= 0.6 is 0 Å². The van der Waals surface area contributed by atoms with E-state index in [1.54, 1.807) is 6.07 Å². The number of hydrogen-bond donors (Lipinski definition) is 1. The van der Waals surface area contributed by atoms with E-state index in [0.29, 0.717) is 5.58 Å². The van der Waals surface area contributed by atoms with Gasteiger partial charge in [0.15, 0.2) is 5.58 Å². The smallest absolute Gasteiger partial charge is 0.379 e. The van der Waals surface area contributed by atoms with Crippen LogP contribution < -0.4 is 5.63 Å². The number of fused-ring (bicyclic) bond motifs is 1. The first-order valence-electron chi connectivity index (χ1n) is 3.55. The molecule has 0 amide bonds. The van der Waals surface area contributed by atoms with Crippen LogP contribution in [-0.4, -0.2) is 9.97 Å². The van der Waals surface area contributed by atoms with Crippen molar-refractivity contribution >= 4 is 22.3 Å². The van der Waals surface area contributed by atoms with Crippen molar-refractivity contribution in [2.24, 2.45) is 0 Å². The number of aromatic nitrogens is 2. The van der Waals surface area contributed by atoms with Gasteiger partial charge in [-0.3, -0.25) is 0 Å². The molecular formula is C8H4N2O2. The Morgan fingerprint density at radius 1 is 1.42 bits per heavy atom. The topological polar surface area (TPSA) is 58.9 Å². The quantitative estimate of drug-likeness (QED) is 0.535. The number of nitrogens with zero attached hydrogens (tertiary/aromatic N) is 1. The second-order valence-electron chi connectivity index (χ2n) is 2.63. The van der Waals surface area contributed by atoms with Gasteiger partial charge in [0.25, 0.3) is 0 Å². The molecule has 1 aromatic carbocycles. The maximum Gasteiger partial charge on any atom is 0.379 e.